The lowest BCUT2D eigenvalue weighted by Gasteiger charge is -2.20. The number of aliphatic hydroxyl groups excluding tert-OH is 1. The predicted molar refractivity (Wildman–Crippen MR) is 89.0 cm³/mol. The molecule has 3 N–H and O–H groups in total. The van der Waals surface area contributed by atoms with Crippen LogP contribution in [-0.2, 0) is 14.4 Å². The van der Waals surface area contributed by atoms with E-state index < -0.39 is 29.7 Å². The van der Waals surface area contributed by atoms with Gasteiger partial charge in [-0.05, 0) is 37.8 Å². The summed E-state index contributed by atoms with van der Waals surface area (Å²) in [4.78, 5) is 29.1. The number of ether oxygens (including phenoxy) is 1. The lowest BCUT2D eigenvalue weighted by atomic mass is 10.1. The van der Waals surface area contributed by atoms with Crippen LogP contribution in [0, 0.1) is 0 Å². The second-order valence-electron chi connectivity index (χ2n) is 6.21. The summed E-state index contributed by atoms with van der Waals surface area (Å²) in [7, 11) is 1.39. The van der Waals surface area contributed by atoms with Crippen molar-refractivity contribution < 1.29 is 24.3 Å². The first kappa shape index (κ1) is 18.2. The number of fused-ring (bicyclic) bond motifs is 1. The van der Waals surface area contributed by atoms with Gasteiger partial charge in [-0.15, -0.1) is 11.3 Å². The fraction of sp³-hybridized carbons (Fsp3) is 0.533. The SMILES string of the molecule is CO/N=C1\c2sccc2[C@H](NC(=O)CNC(=O)OC(C)(C)C)[C@H]1O. The van der Waals surface area contributed by atoms with Crippen LogP contribution in [0.15, 0.2) is 16.6 Å². The van der Waals surface area contributed by atoms with E-state index in [0.717, 1.165) is 10.4 Å². The lowest BCUT2D eigenvalue weighted by molar-refractivity contribution is -0.121. The molecule has 0 saturated heterocycles. The normalized spacial score (nSPS) is 21.3. The van der Waals surface area contributed by atoms with Crippen molar-refractivity contribution in [1.29, 1.82) is 0 Å². The molecule has 0 radical (unpaired) electrons. The van der Waals surface area contributed by atoms with E-state index in [-0.39, 0.29) is 6.54 Å². The van der Waals surface area contributed by atoms with Crippen LogP contribution in [0.5, 0.6) is 0 Å². The third-order valence-corrected chi connectivity index (χ3v) is 4.11. The molecule has 132 valence electrons. The van der Waals surface area contributed by atoms with Crippen LogP contribution in [0.1, 0.15) is 37.3 Å². The Kier molecular flexibility index (Phi) is 5.45. The molecule has 0 aromatic carbocycles. The zero-order valence-corrected chi connectivity index (χ0v) is 14.8. The van der Waals surface area contributed by atoms with Gasteiger partial charge in [0.25, 0.3) is 0 Å². The number of nitrogens with one attached hydrogen (secondary N) is 2. The first-order valence-corrected chi connectivity index (χ1v) is 8.24. The number of hydrogen-bond acceptors (Lipinski definition) is 7. The van der Waals surface area contributed by atoms with E-state index >= 15 is 0 Å². The van der Waals surface area contributed by atoms with Crippen LogP contribution in [0.25, 0.3) is 0 Å². The van der Waals surface area contributed by atoms with Crippen LogP contribution in [-0.4, -0.2) is 48.2 Å². The summed E-state index contributed by atoms with van der Waals surface area (Å²) in [5.41, 5.74) is 0.515. The van der Waals surface area contributed by atoms with Crippen molar-refractivity contribution in [3.05, 3.63) is 21.9 Å². The van der Waals surface area contributed by atoms with Gasteiger partial charge in [-0.25, -0.2) is 4.79 Å². The van der Waals surface area contributed by atoms with Crippen LogP contribution >= 0.6 is 11.3 Å². The van der Waals surface area contributed by atoms with Gasteiger partial charge < -0.3 is 25.3 Å². The summed E-state index contributed by atoms with van der Waals surface area (Å²) in [5, 5.41) is 21.1. The zero-order valence-electron chi connectivity index (χ0n) is 14.0. The van der Waals surface area contributed by atoms with E-state index in [1.165, 1.54) is 18.4 Å². The summed E-state index contributed by atoms with van der Waals surface area (Å²) in [5.74, 6) is -0.444. The molecule has 0 aliphatic heterocycles. The maximum absolute atomic E-state index is 12.1. The molecule has 2 amide bonds. The smallest absolute Gasteiger partial charge is 0.408 e. The Bertz CT molecular complexity index is 650. The first-order valence-electron chi connectivity index (χ1n) is 7.36. The summed E-state index contributed by atoms with van der Waals surface area (Å²) in [6.45, 7) is 4.94. The van der Waals surface area contributed by atoms with Crippen molar-refractivity contribution in [3.8, 4) is 0 Å². The summed E-state index contributed by atoms with van der Waals surface area (Å²) in [6, 6.07) is 1.18. The molecule has 2 atom stereocenters. The van der Waals surface area contributed by atoms with Gasteiger partial charge in [0.15, 0.2) is 0 Å². The van der Waals surface area contributed by atoms with Gasteiger partial charge in [0, 0.05) is 0 Å². The van der Waals surface area contributed by atoms with E-state index in [1.807, 2.05) is 11.4 Å². The first-order chi connectivity index (χ1) is 11.2. The van der Waals surface area contributed by atoms with Gasteiger partial charge in [-0.2, -0.15) is 0 Å². The minimum absolute atomic E-state index is 0.256. The summed E-state index contributed by atoms with van der Waals surface area (Å²) < 4.78 is 5.06. The molecular weight excluding hydrogens is 334 g/mol. The summed E-state index contributed by atoms with van der Waals surface area (Å²) >= 11 is 1.41. The number of aliphatic hydroxyl groups is 1. The van der Waals surface area contributed by atoms with Crippen LogP contribution in [0.4, 0.5) is 4.79 Å². The van der Waals surface area contributed by atoms with E-state index in [4.69, 9.17) is 9.57 Å². The molecule has 1 aromatic rings. The molecule has 1 aliphatic rings. The Morgan fingerprint density at radius 1 is 1.42 bits per heavy atom. The van der Waals surface area contributed by atoms with E-state index in [2.05, 4.69) is 15.8 Å². The molecule has 0 bridgehead atoms. The van der Waals surface area contributed by atoms with E-state index in [0.29, 0.717) is 5.71 Å². The van der Waals surface area contributed by atoms with E-state index in [9.17, 15) is 14.7 Å². The second-order valence-corrected chi connectivity index (χ2v) is 7.13. The number of oxime groups is 1. The molecule has 0 saturated carbocycles. The number of carbonyl (C=O) groups is 2. The van der Waals surface area contributed by atoms with Crippen LogP contribution in [0.3, 0.4) is 0 Å². The zero-order chi connectivity index (χ0) is 17.9. The highest BCUT2D eigenvalue weighted by Gasteiger charge is 2.39. The van der Waals surface area contributed by atoms with Gasteiger partial charge in [0.05, 0.1) is 10.9 Å². The molecular formula is C15H21N3O5S. The van der Waals surface area contributed by atoms with Gasteiger partial charge in [0.1, 0.15) is 31.1 Å². The monoisotopic (exact) mass is 355 g/mol. The highest BCUT2D eigenvalue weighted by Crippen LogP contribution is 2.35. The molecule has 0 fully saturated rings. The number of hydrogen-bond donors (Lipinski definition) is 3. The number of nitrogens with zero attached hydrogens (tertiary/aromatic N) is 1. The average Bonchev–Trinajstić information content (AvgIpc) is 3.02. The Hall–Kier alpha value is -2.13. The molecule has 9 heteroatoms. The van der Waals surface area contributed by atoms with E-state index in [1.54, 1.807) is 20.8 Å². The quantitative estimate of drug-likeness (QED) is 0.702. The van der Waals surface area contributed by atoms with Crippen molar-refractivity contribution in [2.24, 2.45) is 5.16 Å². The average molecular weight is 355 g/mol. The van der Waals surface area contributed by atoms with Crippen molar-refractivity contribution in [2.75, 3.05) is 13.7 Å². The topological polar surface area (TPSA) is 109 Å². The Balaban J connectivity index is 1.95. The van der Waals surface area contributed by atoms with Gasteiger partial charge >= 0.3 is 6.09 Å². The minimum Gasteiger partial charge on any atom is -0.444 e. The standard InChI is InChI=1S/C15H21N3O5S/c1-15(2,3)23-14(21)16-7-9(19)17-10-8-5-6-24-13(8)11(12(10)20)18-22-4/h5-6,10,12,20H,7H2,1-4H3,(H,16,21)(H,17,19)/b18-11-/t10-,12+/m0/s1. The molecule has 2 rings (SSSR count). The lowest BCUT2D eigenvalue weighted by Crippen LogP contribution is -2.43. The van der Waals surface area contributed by atoms with Crippen LogP contribution in [0.2, 0.25) is 0 Å². The maximum atomic E-state index is 12.1. The van der Waals surface area contributed by atoms with Crippen LogP contribution < -0.4 is 10.6 Å². The molecule has 8 nitrogen and oxygen atoms in total. The molecule has 0 spiro atoms. The Labute approximate surface area is 143 Å². The molecule has 0 unspecified atom stereocenters. The van der Waals surface area contributed by atoms with Crippen molar-refractivity contribution in [2.45, 2.75) is 38.5 Å². The Morgan fingerprint density at radius 3 is 2.75 bits per heavy atom. The number of thiophene rings is 1. The second kappa shape index (κ2) is 7.18. The predicted octanol–water partition coefficient (Wildman–Crippen LogP) is 1.16. The highest BCUT2D eigenvalue weighted by atomic mass is 32.1. The van der Waals surface area contributed by atoms with Crippen molar-refractivity contribution >= 4 is 29.0 Å². The molecule has 1 heterocycles. The Morgan fingerprint density at radius 2 is 2.12 bits per heavy atom. The fourth-order valence-electron chi connectivity index (χ4n) is 2.28. The number of alkyl carbamates (subject to hydrolysis) is 1. The van der Waals surface area contributed by atoms with Crippen molar-refractivity contribution in [3.63, 3.8) is 0 Å². The number of amides is 2. The third kappa shape index (κ3) is 4.24. The number of carbonyl (C=O) groups excluding carboxylic acids is 2. The van der Waals surface area contributed by atoms with Gasteiger partial charge in [0.2, 0.25) is 5.91 Å². The highest BCUT2D eigenvalue weighted by molar-refractivity contribution is 7.12. The third-order valence-electron chi connectivity index (χ3n) is 3.16. The minimum atomic E-state index is -1.00. The molecule has 1 aliphatic carbocycles. The van der Waals surface area contributed by atoms with Gasteiger partial charge in [-0.1, -0.05) is 5.16 Å². The van der Waals surface area contributed by atoms with Crippen molar-refractivity contribution in [1.82, 2.24) is 10.6 Å². The fourth-order valence-corrected chi connectivity index (χ4v) is 3.24. The number of rotatable bonds is 4. The molecule has 24 heavy (non-hydrogen) atoms. The largest absolute Gasteiger partial charge is 0.444 e. The maximum Gasteiger partial charge on any atom is 0.408 e. The molecule has 1 aromatic heterocycles. The summed E-state index contributed by atoms with van der Waals surface area (Å²) in [6.07, 6.45) is -1.68. The van der Waals surface area contributed by atoms with Gasteiger partial charge in [-0.3, -0.25) is 4.79 Å².